The van der Waals surface area contributed by atoms with Crippen molar-refractivity contribution in [2.24, 2.45) is 0 Å². The molecular weight excluding hydrogens is 410 g/mol. The Kier molecular flexibility index (Phi) is 7.49. The molecule has 0 unspecified atom stereocenters. The summed E-state index contributed by atoms with van der Waals surface area (Å²) in [5.41, 5.74) is 3.01. The normalized spacial score (nSPS) is 10.5. The van der Waals surface area contributed by atoms with Crippen LogP contribution < -0.4 is 25.1 Å². The molecule has 1 aromatic heterocycles. The summed E-state index contributed by atoms with van der Waals surface area (Å²) in [7, 11) is 3.14. The maximum Gasteiger partial charge on any atom is 0.266 e. The van der Waals surface area contributed by atoms with Gasteiger partial charge in [0.05, 0.1) is 26.5 Å². The molecule has 8 heteroatoms. The van der Waals surface area contributed by atoms with Crippen molar-refractivity contribution in [2.75, 3.05) is 27.4 Å². The van der Waals surface area contributed by atoms with Crippen molar-refractivity contribution in [3.63, 3.8) is 0 Å². The van der Waals surface area contributed by atoms with E-state index in [1.54, 1.807) is 38.5 Å². The number of rotatable bonds is 9. The molecule has 1 N–H and O–H groups in total. The molecule has 3 rings (SSSR count). The number of hydrogen-bond donors (Lipinski definition) is 1. The van der Waals surface area contributed by atoms with Crippen molar-refractivity contribution in [3.05, 3.63) is 70.0 Å². The van der Waals surface area contributed by atoms with Gasteiger partial charge < -0.3 is 19.5 Å². The minimum atomic E-state index is -0.274. The molecular formula is C24H27N3O5. The molecule has 0 radical (unpaired) electrons. The highest BCUT2D eigenvalue weighted by atomic mass is 16.5. The zero-order chi connectivity index (χ0) is 23.1. The third-order valence-corrected chi connectivity index (χ3v) is 4.90. The maximum atomic E-state index is 12.2. The first-order chi connectivity index (χ1) is 15.4. The van der Waals surface area contributed by atoms with Crippen molar-refractivity contribution in [2.45, 2.75) is 20.4 Å². The second-order valence-electron chi connectivity index (χ2n) is 7.25. The fourth-order valence-corrected chi connectivity index (χ4v) is 3.13. The molecule has 0 aliphatic rings. The second kappa shape index (κ2) is 10.5. The first kappa shape index (κ1) is 22.9. The zero-order valence-electron chi connectivity index (χ0n) is 18.7. The molecule has 0 spiro atoms. The van der Waals surface area contributed by atoms with Crippen molar-refractivity contribution in [1.29, 1.82) is 0 Å². The molecule has 3 aromatic rings. The van der Waals surface area contributed by atoms with Gasteiger partial charge in [0.1, 0.15) is 17.2 Å². The van der Waals surface area contributed by atoms with Crippen LogP contribution in [0.25, 0.3) is 11.3 Å². The van der Waals surface area contributed by atoms with Gasteiger partial charge in [-0.05, 0) is 55.3 Å². The monoisotopic (exact) mass is 437 g/mol. The summed E-state index contributed by atoms with van der Waals surface area (Å²) >= 11 is 0. The van der Waals surface area contributed by atoms with Crippen LogP contribution >= 0.6 is 0 Å². The number of methoxy groups -OCH3 is 2. The van der Waals surface area contributed by atoms with Gasteiger partial charge in [-0.1, -0.05) is 12.1 Å². The van der Waals surface area contributed by atoms with Gasteiger partial charge >= 0.3 is 0 Å². The predicted octanol–water partition coefficient (Wildman–Crippen LogP) is 2.74. The van der Waals surface area contributed by atoms with E-state index in [2.05, 4.69) is 10.4 Å². The van der Waals surface area contributed by atoms with Gasteiger partial charge in [-0.3, -0.25) is 9.59 Å². The highest BCUT2D eigenvalue weighted by molar-refractivity contribution is 5.77. The predicted molar refractivity (Wildman–Crippen MR) is 121 cm³/mol. The average Bonchev–Trinajstić information content (AvgIpc) is 2.80. The van der Waals surface area contributed by atoms with E-state index in [-0.39, 0.29) is 31.2 Å². The van der Waals surface area contributed by atoms with Crippen LogP contribution in [0.5, 0.6) is 17.2 Å². The first-order valence-electron chi connectivity index (χ1n) is 10.2. The topological polar surface area (TPSA) is 91.7 Å². The number of nitrogens with one attached hydrogen (secondary N) is 1. The lowest BCUT2D eigenvalue weighted by Gasteiger charge is -2.12. The molecule has 0 atom stereocenters. The number of carbonyl (C=O) groups is 1. The van der Waals surface area contributed by atoms with Crippen LogP contribution in [0.2, 0.25) is 0 Å². The average molecular weight is 437 g/mol. The van der Waals surface area contributed by atoms with E-state index < -0.39 is 0 Å². The number of aryl methyl sites for hydroxylation is 2. The van der Waals surface area contributed by atoms with E-state index in [0.29, 0.717) is 28.5 Å². The minimum Gasteiger partial charge on any atom is -0.497 e. The molecule has 8 nitrogen and oxygen atoms in total. The van der Waals surface area contributed by atoms with Crippen molar-refractivity contribution < 1.29 is 19.0 Å². The molecule has 0 aliphatic carbocycles. The molecule has 0 bridgehead atoms. The van der Waals surface area contributed by atoms with Gasteiger partial charge in [-0.2, -0.15) is 5.10 Å². The standard InChI is InChI=1S/C24H27N3O5/c1-16-5-6-17(2)22(13-16)32-15-23(28)25-11-12-27-24(29)10-8-20(26-27)19-14-18(30-3)7-9-21(19)31-4/h5-10,13-14H,11-12,15H2,1-4H3,(H,25,28). The number of benzene rings is 2. The Morgan fingerprint density at radius 2 is 1.81 bits per heavy atom. The third kappa shape index (κ3) is 5.66. The Morgan fingerprint density at radius 3 is 2.56 bits per heavy atom. The lowest BCUT2D eigenvalue weighted by molar-refractivity contribution is -0.123. The highest BCUT2D eigenvalue weighted by Crippen LogP contribution is 2.31. The molecule has 2 aromatic carbocycles. The molecule has 0 aliphatic heterocycles. The summed E-state index contributed by atoms with van der Waals surface area (Å²) in [6.07, 6.45) is 0. The van der Waals surface area contributed by atoms with Crippen LogP contribution in [0.15, 0.2) is 53.3 Å². The van der Waals surface area contributed by atoms with Gasteiger partial charge in [0, 0.05) is 18.2 Å². The van der Waals surface area contributed by atoms with Crippen LogP contribution in [0, 0.1) is 13.8 Å². The number of aromatic nitrogens is 2. The summed E-state index contributed by atoms with van der Waals surface area (Å²) in [6, 6.07) is 14.3. The Balaban J connectivity index is 1.63. The minimum absolute atomic E-state index is 0.104. The maximum absolute atomic E-state index is 12.2. The summed E-state index contributed by atoms with van der Waals surface area (Å²) in [5, 5.41) is 7.18. The Bertz CT molecular complexity index is 1160. The second-order valence-corrected chi connectivity index (χ2v) is 7.25. The van der Waals surface area contributed by atoms with E-state index >= 15 is 0 Å². The molecule has 0 saturated heterocycles. The van der Waals surface area contributed by atoms with Crippen molar-refractivity contribution in [1.82, 2.24) is 15.1 Å². The van der Waals surface area contributed by atoms with Gasteiger partial charge in [-0.15, -0.1) is 0 Å². The summed E-state index contributed by atoms with van der Waals surface area (Å²) < 4.78 is 17.6. The molecule has 1 amide bonds. The molecule has 168 valence electrons. The van der Waals surface area contributed by atoms with Gasteiger partial charge in [0.2, 0.25) is 0 Å². The summed E-state index contributed by atoms with van der Waals surface area (Å²) in [6.45, 7) is 4.24. The number of hydrogen-bond acceptors (Lipinski definition) is 6. The summed E-state index contributed by atoms with van der Waals surface area (Å²) in [5.74, 6) is 1.67. The largest absolute Gasteiger partial charge is 0.497 e. The highest BCUT2D eigenvalue weighted by Gasteiger charge is 2.11. The molecule has 0 fully saturated rings. The van der Waals surface area contributed by atoms with E-state index in [1.807, 2.05) is 32.0 Å². The Morgan fingerprint density at radius 1 is 1.00 bits per heavy atom. The van der Waals surface area contributed by atoms with Crippen LogP contribution in [-0.2, 0) is 11.3 Å². The van der Waals surface area contributed by atoms with Gasteiger partial charge in [0.15, 0.2) is 6.61 Å². The number of amides is 1. The fourth-order valence-electron chi connectivity index (χ4n) is 3.13. The number of carbonyl (C=O) groups excluding carboxylic acids is 1. The van der Waals surface area contributed by atoms with E-state index in [9.17, 15) is 9.59 Å². The number of nitrogens with zero attached hydrogens (tertiary/aromatic N) is 2. The van der Waals surface area contributed by atoms with Crippen LogP contribution in [-0.4, -0.2) is 43.1 Å². The van der Waals surface area contributed by atoms with Crippen LogP contribution in [0.1, 0.15) is 11.1 Å². The van der Waals surface area contributed by atoms with Gasteiger partial charge in [0.25, 0.3) is 11.5 Å². The zero-order valence-corrected chi connectivity index (χ0v) is 18.7. The first-order valence-corrected chi connectivity index (χ1v) is 10.2. The van der Waals surface area contributed by atoms with E-state index in [0.717, 1.165) is 11.1 Å². The Hall–Kier alpha value is -3.81. The Labute approximate surface area is 186 Å². The van der Waals surface area contributed by atoms with E-state index in [1.165, 1.54) is 10.7 Å². The SMILES string of the molecule is COc1ccc(OC)c(-c2ccc(=O)n(CCNC(=O)COc3cc(C)ccc3C)n2)c1. The number of ether oxygens (including phenoxy) is 3. The molecule has 0 saturated carbocycles. The van der Waals surface area contributed by atoms with Crippen molar-refractivity contribution >= 4 is 5.91 Å². The fraction of sp³-hybridized carbons (Fsp3) is 0.292. The quantitative estimate of drug-likeness (QED) is 0.554. The van der Waals surface area contributed by atoms with Crippen LogP contribution in [0.3, 0.4) is 0 Å². The summed E-state index contributed by atoms with van der Waals surface area (Å²) in [4.78, 5) is 24.4. The lowest BCUT2D eigenvalue weighted by atomic mass is 10.1. The smallest absolute Gasteiger partial charge is 0.266 e. The third-order valence-electron chi connectivity index (χ3n) is 4.90. The lowest BCUT2D eigenvalue weighted by Crippen LogP contribution is -2.34. The molecule has 1 heterocycles. The van der Waals surface area contributed by atoms with Crippen LogP contribution in [0.4, 0.5) is 0 Å². The van der Waals surface area contributed by atoms with Gasteiger partial charge in [-0.25, -0.2) is 4.68 Å². The molecule has 32 heavy (non-hydrogen) atoms. The van der Waals surface area contributed by atoms with E-state index in [4.69, 9.17) is 14.2 Å². The van der Waals surface area contributed by atoms with Crippen molar-refractivity contribution in [3.8, 4) is 28.5 Å².